The van der Waals surface area contributed by atoms with E-state index < -0.39 is 0 Å². The zero-order valence-corrected chi connectivity index (χ0v) is 13.0. The molecule has 0 aromatic carbocycles. The van der Waals surface area contributed by atoms with E-state index in [2.05, 4.69) is 4.90 Å². The minimum atomic E-state index is -0.177. The highest BCUT2D eigenvalue weighted by atomic mass is 16.6. The van der Waals surface area contributed by atoms with Crippen molar-refractivity contribution in [1.29, 1.82) is 0 Å². The lowest BCUT2D eigenvalue weighted by Crippen LogP contribution is -2.27. The summed E-state index contributed by atoms with van der Waals surface area (Å²) >= 11 is 0. The Morgan fingerprint density at radius 3 is 2.11 bits per heavy atom. The van der Waals surface area contributed by atoms with Gasteiger partial charge in [0.05, 0.1) is 31.8 Å². The zero-order chi connectivity index (χ0) is 14.7. The maximum Gasteiger partial charge on any atom is 0.307 e. The van der Waals surface area contributed by atoms with Crippen LogP contribution >= 0.6 is 0 Å². The lowest BCUT2D eigenvalue weighted by molar-refractivity contribution is -0.146. The lowest BCUT2D eigenvalue weighted by atomic mass is 10.4. The van der Waals surface area contributed by atoms with Gasteiger partial charge in [-0.25, -0.2) is 0 Å². The van der Waals surface area contributed by atoms with Gasteiger partial charge in [-0.15, -0.1) is 0 Å². The highest BCUT2D eigenvalue weighted by molar-refractivity contribution is 5.69. The van der Waals surface area contributed by atoms with Crippen molar-refractivity contribution in [2.75, 3.05) is 40.0 Å². The number of hydrogen-bond donors (Lipinski definition) is 0. The van der Waals surface area contributed by atoms with Crippen LogP contribution in [0.4, 0.5) is 0 Å². The molecule has 5 heteroatoms. The van der Waals surface area contributed by atoms with Crippen LogP contribution in [-0.2, 0) is 19.0 Å². The Kier molecular flexibility index (Phi) is 10.8. The van der Waals surface area contributed by atoms with Gasteiger partial charge in [0.1, 0.15) is 6.61 Å². The third-order valence-electron chi connectivity index (χ3n) is 2.42. The van der Waals surface area contributed by atoms with Crippen molar-refractivity contribution in [3.8, 4) is 0 Å². The van der Waals surface area contributed by atoms with E-state index in [0.717, 1.165) is 6.54 Å². The predicted molar refractivity (Wildman–Crippen MR) is 75.2 cm³/mol. The Morgan fingerprint density at radius 2 is 1.53 bits per heavy atom. The Balaban J connectivity index is 3.45. The first-order valence-electron chi connectivity index (χ1n) is 6.99. The van der Waals surface area contributed by atoms with Crippen LogP contribution in [0.1, 0.15) is 34.1 Å². The second-order valence-corrected chi connectivity index (χ2v) is 5.11. The van der Waals surface area contributed by atoms with Gasteiger partial charge in [-0.05, 0) is 34.7 Å². The number of esters is 1. The third-order valence-corrected chi connectivity index (χ3v) is 2.42. The number of carbonyl (C=O) groups is 1. The maximum absolute atomic E-state index is 11.4. The summed E-state index contributed by atoms with van der Waals surface area (Å²) in [4.78, 5) is 13.5. The van der Waals surface area contributed by atoms with Crippen LogP contribution in [0.5, 0.6) is 0 Å². The van der Waals surface area contributed by atoms with E-state index in [-0.39, 0.29) is 18.2 Å². The number of carbonyl (C=O) groups excluding carboxylic acids is 1. The highest BCUT2D eigenvalue weighted by Crippen LogP contribution is 1.94. The maximum atomic E-state index is 11.4. The number of ether oxygens (including phenoxy) is 3. The summed E-state index contributed by atoms with van der Waals surface area (Å²) in [6.07, 6.45) is 0.824. The second-order valence-electron chi connectivity index (χ2n) is 5.11. The summed E-state index contributed by atoms with van der Waals surface area (Å²) in [5, 5.41) is 0. The van der Waals surface area contributed by atoms with E-state index in [0.29, 0.717) is 32.8 Å². The Bertz CT molecular complexity index is 231. The van der Waals surface area contributed by atoms with Crippen LogP contribution in [0.25, 0.3) is 0 Å². The molecule has 0 spiro atoms. The van der Waals surface area contributed by atoms with Gasteiger partial charge in [0.15, 0.2) is 0 Å². The van der Waals surface area contributed by atoms with Crippen LogP contribution in [0, 0.1) is 0 Å². The molecule has 0 aromatic rings. The highest BCUT2D eigenvalue weighted by Gasteiger charge is 2.06. The van der Waals surface area contributed by atoms with Gasteiger partial charge in [-0.1, -0.05) is 0 Å². The molecular formula is C14H29NO4. The molecule has 0 aliphatic heterocycles. The van der Waals surface area contributed by atoms with Crippen molar-refractivity contribution < 1.29 is 19.0 Å². The molecule has 0 atom stereocenters. The van der Waals surface area contributed by atoms with Crippen LogP contribution in [0.15, 0.2) is 0 Å². The molecule has 0 saturated carbocycles. The van der Waals surface area contributed by atoms with Crippen LogP contribution in [0.2, 0.25) is 0 Å². The Labute approximate surface area is 117 Å². The third kappa shape index (κ3) is 13.6. The van der Waals surface area contributed by atoms with Gasteiger partial charge < -0.3 is 19.1 Å². The SMILES string of the molecule is CC(C)OCCOC(=O)CCN(C)CCOC(C)C. The largest absolute Gasteiger partial charge is 0.463 e. The predicted octanol–water partition coefficient (Wildman–Crippen LogP) is 1.70. The molecule has 0 N–H and O–H groups in total. The fraction of sp³-hybridized carbons (Fsp3) is 0.929. The molecule has 0 amide bonds. The second kappa shape index (κ2) is 11.2. The number of rotatable bonds is 11. The first-order chi connectivity index (χ1) is 8.91. The normalized spacial score (nSPS) is 11.6. The molecular weight excluding hydrogens is 246 g/mol. The smallest absolute Gasteiger partial charge is 0.307 e. The molecule has 114 valence electrons. The van der Waals surface area contributed by atoms with Crippen molar-refractivity contribution >= 4 is 5.97 Å². The molecule has 0 aromatic heterocycles. The van der Waals surface area contributed by atoms with Gasteiger partial charge in [0, 0.05) is 13.1 Å². The number of likely N-dealkylation sites (N-methyl/N-ethyl adjacent to an activating group) is 1. The molecule has 5 nitrogen and oxygen atoms in total. The average molecular weight is 275 g/mol. The summed E-state index contributed by atoms with van der Waals surface area (Å²) < 4.78 is 15.8. The van der Waals surface area contributed by atoms with Crippen LogP contribution < -0.4 is 0 Å². The standard InChI is InChI=1S/C14H29NO4/c1-12(2)17-9-8-15(5)7-6-14(16)19-11-10-18-13(3)4/h12-13H,6-11H2,1-5H3. The van der Waals surface area contributed by atoms with Gasteiger partial charge >= 0.3 is 5.97 Å². The topological polar surface area (TPSA) is 48.0 Å². The molecule has 0 fully saturated rings. The van der Waals surface area contributed by atoms with Crippen molar-refractivity contribution in [2.45, 2.75) is 46.3 Å². The molecule has 0 heterocycles. The monoisotopic (exact) mass is 275 g/mol. The molecule has 19 heavy (non-hydrogen) atoms. The minimum absolute atomic E-state index is 0.172. The first-order valence-corrected chi connectivity index (χ1v) is 6.99. The molecule has 0 rings (SSSR count). The minimum Gasteiger partial charge on any atom is -0.463 e. The Hall–Kier alpha value is -0.650. The summed E-state index contributed by atoms with van der Waals surface area (Å²) in [6, 6.07) is 0. The fourth-order valence-electron chi connectivity index (χ4n) is 1.35. The van der Waals surface area contributed by atoms with Gasteiger partial charge in [-0.3, -0.25) is 4.79 Å². The fourth-order valence-corrected chi connectivity index (χ4v) is 1.35. The van der Waals surface area contributed by atoms with E-state index in [1.165, 1.54) is 0 Å². The van der Waals surface area contributed by atoms with Crippen molar-refractivity contribution in [1.82, 2.24) is 4.90 Å². The zero-order valence-electron chi connectivity index (χ0n) is 13.0. The van der Waals surface area contributed by atoms with E-state index in [1.54, 1.807) is 0 Å². The molecule has 0 radical (unpaired) electrons. The van der Waals surface area contributed by atoms with E-state index in [9.17, 15) is 4.79 Å². The van der Waals surface area contributed by atoms with Gasteiger partial charge in [0.25, 0.3) is 0 Å². The summed E-state index contributed by atoms with van der Waals surface area (Å²) in [5.74, 6) is -0.177. The van der Waals surface area contributed by atoms with Crippen molar-refractivity contribution in [3.63, 3.8) is 0 Å². The molecule has 0 aliphatic carbocycles. The molecule has 0 unspecified atom stereocenters. The van der Waals surface area contributed by atoms with Crippen molar-refractivity contribution in [2.24, 2.45) is 0 Å². The van der Waals surface area contributed by atoms with E-state index in [4.69, 9.17) is 14.2 Å². The molecule has 0 aliphatic rings. The van der Waals surface area contributed by atoms with Crippen LogP contribution in [-0.4, -0.2) is 63.0 Å². The molecule has 0 bridgehead atoms. The van der Waals surface area contributed by atoms with Crippen LogP contribution in [0.3, 0.4) is 0 Å². The lowest BCUT2D eigenvalue weighted by Gasteiger charge is -2.17. The molecule has 0 saturated heterocycles. The summed E-state index contributed by atoms with van der Waals surface area (Å²) in [5.41, 5.74) is 0. The first kappa shape index (κ1) is 18.4. The number of nitrogens with zero attached hydrogens (tertiary/aromatic N) is 1. The van der Waals surface area contributed by atoms with Crippen molar-refractivity contribution in [3.05, 3.63) is 0 Å². The number of hydrogen-bond acceptors (Lipinski definition) is 5. The van der Waals surface area contributed by atoms with E-state index in [1.807, 2.05) is 34.7 Å². The quantitative estimate of drug-likeness (QED) is 0.424. The Morgan fingerprint density at radius 1 is 0.947 bits per heavy atom. The van der Waals surface area contributed by atoms with Gasteiger partial charge in [0.2, 0.25) is 0 Å². The van der Waals surface area contributed by atoms with Gasteiger partial charge in [-0.2, -0.15) is 0 Å². The average Bonchev–Trinajstić information content (AvgIpc) is 2.31. The summed E-state index contributed by atoms with van der Waals surface area (Å²) in [7, 11) is 1.97. The van der Waals surface area contributed by atoms with E-state index >= 15 is 0 Å². The summed E-state index contributed by atoms with van der Waals surface area (Å²) in [6.45, 7) is 10.9.